The molecular formula is C13H13ClFNO3. The average molecular weight is 286 g/mol. The predicted octanol–water partition coefficient (Wildman–Crippen LogP) is 2.56. The van der Waals surface area contributed by atoms with E-state index < -0.39 is 23.7 Å². The second-order valence-corrected chi connectivity index (χ2v) is 4.88. The third-order valence-corrected chi connectivity index (χ3v) is 3.52. The number of carbonyl (C=O) groups is 2. The monoisotopic (exact) mass is 285 g/mol. The predicted molar refractivity (Wildman–Crippen MR) is 67.7 cm³/mol. The summed E-state index contributed by atoms with van der Waals surface area (Å²) in [6.07, 6.45) is 1.96. The van der Waals surface area contributed by atoms with Gasteiger partial charge < -0.3 is 10.0 Å². The van der Waals surface area contributed by atoms with Crippen LogP contribution in [0.4, 0.5) is 4.39 Å². The Labute approximate surface area is 114 Å². The Morgan fingerprint density at radius 1 is 1.37 bits per heavy atom. The van der Waals surface area contributed by atoms with E-state index in [4.69, 9.17) is 16.7 Å². The van der Waals surface area contributed by atoms with Crippen molar-refractivity contribution in [1.82, 2.24) is 4.90 Å². The Hall–Kier alpha value is -1.62. The fourth-order valence-electron chi connectivity index (χ4n) is 2.23. The number of carboxylic acid groups (broad SMARTS) is 1. The van der Waals surface area contributed by atoms with Crippen LogP contribution in [0.3, 0.4) is 0 Å². The van der Waals surface area contributed by atoms with Crippen molar-refractivity contribution in [2.24, 2.45) is 0 Å². The van der Waals surface area contributed by atoms with Gasteiger partial charge in [0.2, 0.25) is 0 Å². The first-order valence-corrected chi connectivity index (χ1v) is 6.37. The molecule has 4 nitrogen and oxygen atoms in total. The van der Waals surface area contributed by atoms with Crippen LogP contribution >= 0.6 is 11.6 Å². The summed E-state index contributed by atoms with van der Waals surface area (Å²) in [5.41, 5.74) is 0.120. The number of hydrogen-bond acceptors (Lipinski definition) is 2. The van der Waals surface area contributed by atoms with Crippen molar-refractivity contribution >= 4 is 23.5 Å². The van der Waals surface area contributed by atoms with Gasteiger partial charge in [-0.15, -0.1) is 0 Å². The molecule has 1 aliphatic heterocycles. The van der Waals surface area contributed by atoms with Gasteiger partial charge in [0.1, 0.15) is 11.9 Å². The first-order valence-electron chi connectivity index (χ1n) is 5.99. The van der Waals surface area contributed by atoms with Crippen molar-refractivity contribution in [1.29, 1.82) is 0 Å². The molecule has 1 amide bonds. The number of halogens is 2. The van der Waals surface area contributed by atoms with E-state index in [2.05, 4.69) is 0 Å². The maximum Gasteiger partial charge on any atom is 0.326 e. The van der Waals surface area contributed by atoms with E-state index in [1.54, 1.807) is 0 Å². The second-order valence-electron chi connectivity index (χ2n) is 4.48. The highest BCUT2D eigenvalue weighted by molar-refractivity contribution is 6.30. The zero-order valence-electron chi connectivity index (χ0n) is 10.1. The summed E-state index contributed by atoms with van der Waals surface area (Å²) >= 11 is 5.56. The summed E-state index contributed by atoms with van der Waals surface area (Å²) in [7, 11) is 0. The van der Waals surface area contributed by atoms with Crippen LogP contribution in [0.5, 0.6) is 0 Å². The Morgan fingerprint density at radius 3 is 2.74 bits per heavy atom. The minimum absolute atomic E-state index is 0.0648. The lowest BCUT2D eigenvalue weighted by molar-refractivity contribution is -0.143. The van der Waals surface area contributed by atoms with Gasteiger partial charge in [0.15, 0.2) is 0 Å². The fraction of sp³-hybridized carbons (Fsp3) is 0.385. The maximum absolute atomic E-state index is 13.3. The van der Waals surface area contributed by atoms with Gasteiger partial charge in [-0.1, -0.05) is 11.6 Å². The Kier molecular flexibility index (Phi) is 4.04. The van der Waals surface area contributed by atoms with E-state index in [0.29, 0.717) is 13.0 Å². The SMILES string of the molecule is O=C(O)[C@@H]1CCCCN1C(=O)c1ccc(Cl)c(F)c1. The molecule has 1 N–H and O–H groups in total. The van der Waals surface area contributed by atoms with Gasteiger partial charge in [-0.3, -0.25) is 4.79 Å². The molecule has 19 heavy (non-hydrogen) atoms. The lowest BCUT2D eigenvalue weighted by Crippen LogP contribution is -2.48. The first kappa shape index (κ1) is 13.8. The van der Waals surface area contributed by atoms with Crippen LogP contribution in [-0.2, 0) is 4.79 Å². The fourth-order valence-corrected chi connectivity index (χ4v) is 2.34. The summed E-state index contributed by atoms with van der Waals surface area (Å²) in [6, 6.07) is 2.91. The number of hydrogen-bond donors (Lipinski definition) is 1. The molecule has 102 valence electrons. The summed E-state index contributed by atoms with van der Waals surface area (Å²) in [4.78, 5) is 24.6. The summed E-state index contributed by atoms with van der Waals surface area (Å²) < 4.78 is 13.3. The molecular weight excluding hydrogens is 273 g/mol. The van der Waals surface area contributed by atoms with Gasteiger partial charge in [-0.05, 0) is 37.5 Å². The van der Waals surface area contributed by atoms with Crippen molar-refractivity contribution in [3.63, 3.8) is 0 Å². The van der Waals surface area contributed by atoms with Gasteiger partial charge in [0.05, 0.1) is 5.02 Å². The van der Waals surface area contributed by atoms with E-state index in [9.17, 15) is 14.0 Å². The molecule has 1 saturated heterocycles. The number of benzene rings is 1. The van der Waals surface area contributed by atoms with Crippen LogP contribution in [0, 0.1) is 5.82 Å². The van der Waals surface area contributed by atoms with E-state index in [1.165, 1.54) is 17.0 Å². The molecule has 1 aliphatic rings. The van der Waals surface area contributed by atoms with Crippen molar-refractivity contribution in [2.45, 2.75) is 25.3 Å². The molecule has 0 bridgehead atoms. The molecule has 6 heteroatoms. The highest BCUT2D eigenvalue weighted by Gasteiger charge is 2.32. The zero-order valence-corrected chi connectivity index (χ0v) is 10.9. The number of rotatable bonds is 2. The van der Waals surface area contributed by atoms with E-state index in [1.807, 2.05) is 0 Å². The number of carboxylic acids is 1. The Bertz CT molecular complexity index is 521. The molecule has 1 aromatic carbocycles. The molecule has 0 aromatic heterocycles. The summed E-state index contributed by atoms with van der Waals surface area (Å²) in [5.74, 6) is -2.18. The van der Waals surface area contributed by atoms with Crippen molar-refractivity contribution in [2.75, 3.05) is 6.54 Å². The van der Waals surface area contributed by atoms with Crippen molar-refractivity contribution < 1.29 is 19.1 Å². The van der Waals surface area contributed by atoms with E-state index in [0.717, 1.165) is 18.9 Å². The Balaban J connectivity index is 2.26. The molecule has 0 spiro atoms. The van der Waals surface area contributed by atoms with E-state index >= 15 is 0 Å². The second kappa shape index (κ2) is 5.57. The zero-order chi connectivity index (χ0) is 14.0. The number of amides is 1. The number of carbonyl (C=O) groups excluding carboxylic acids is 1. The highest BCUT2D eigenvalue weighted by atomic mass is 35.5. The van der Waals surface area contributed by atoms with E-state index in [-0.39, 0.29) is 10.6 Å². The molecule has 1 fully saturated rings. The molecule has 0 radical (unpaired) electrons. The Morgan fingerprint density at radius 2 is 2.11 bits per heavy atom. The van der Waals surface area contributed by atoms with Gasteiger partial charge >= 0.3 is 5.97 Å². The van der Waals surface area contributed by atoms with Gasteiger partial charge in [0, 0.05) is 12.1 Å². The molecule has 2 rings (SSSR count). The van der Waals surface area contributed by atoms with Crippen LogP contribution in [0.2, 0.25) is 5.02 Å². The third kappa shape index (κ3) is 2.87. The number of aliphatic carboxylic acids is 1. The minimum atomic E-state index is -1.03. The van der Waals surface area contributed by atoms with Gasteiger partial charge in [-0.25, -0.2) is 9.18 Å². The van der Waals surface area contributed by atoms with Crippen molar-refractivity contribution in [3.8, 4) is 0 Å². The summed E-state index contributed by atoms with van der Waals surface area (Å²) in [6.45, 7) is 0.375. The number of nitrogens with zero attached hydrogens (tertiary/aromatic N) is 1. The smallest absolute Gasteiger partial charge is 0.326 e. The lowest BCUT2D eigenvalue weighted by Gasteiger charge is -2.33. The van der Waals surface area contributed by atoms with Crippen molar-refractivity contribution in [3.05, 3.63) is 34.6 Å². The quantitative estimate of drug-likeness (QED) is 0.908. The molecule has 0 aliphatic carbocycles. The molecule has 0 saturated carbocycles. The molecule has 1 aromatic rings. The van der Waals surface area contributed by atoms with Crippen LogP contribution < -0.4 is 0 Å². The molecule has 1 heterocycles. The maximum atomic E-state index is 13.3. The van der Waals surface area contributed by atoms with Crippen LogP contribution in [-0.4, -0.2) is 34.5 Å². The minimum Gasteiger partial charge on any atom is -0.480 e. The first-order chi connectivity index (χ1) is 9.00. The molecule has 1 atom stereocenters. The highest BCUT2D eigenvalue weighted by Crippen LogP contribution is 2.22. The standard InChI is InChI=1S/C13H13ClFNO3/c14-9-5-4-8(7-10(9)15)12(17)16-6-2-1-3-11(16)13(18)19/h4-5,7,11H,1-3,6H2,(H,18,19)/t11-/m0/s1. The number of likely N-dealkylation sites (tertiary alicyclic amines) is 1. The average Bonchev–Trinajstić information content (AvgIpc) is 2.41. The largest absolute Gasteiger partial charge is 0.480 e. The molecule has 0 unspecified atom stereocenters. The van der Waals surface area contributed by atoms with Gasteiger partial charge in [0.25, 0.3) is 5.91 Å². The van der Waals surface area contributed by atoms with Crippen LogP contribution in [0.1, 0.15) is 29.6 Å². The third-order valence-electron chi connectivity index (χ3n) is 3.22. The van der Waals surface area contributed by atoms with Crippen LogP contribution in [0.15, 0.2) is 18.2 Å². The topological polar surface area (TPSA) is 57.6 Å². The normalized spacial score (nSPS) is 19.3. The van der Waals surface area contributed by atoms with Crippen LogP contribution in [0.25, 0.3) is 0 Å². The summed E-state index contributed by atoms with van der Waals surface area (Å²) in [5, 5.41) is 9.05. The number of piperidine rings is 1. The lowest BCUT2D eigenvalue weighted by atomic mass is 10.0. The van der Waals surface area contributed by atoms with Gasteiger partial charge in [-0.2, -0.15) is 0 Å².